The Balaban J connectivity index is 1.52. The van der Waals surface area contributed by atoms with E-state index >= 15 is 0 Å². The van der Waals surface area contributed by atoms with Crippen molar-refractivity contribution in [3.8, 4) is 0 Å². The first kappa shape index (κ1) is 17.9. The van der Waals surface area contributed by atoms with E-state index in [1.807, 2.05) is 30.3 Å². The number of pyridine rings is 1. The number of hydrogen-bond acceptors (Lipinski definition) is 5. The second-order valence-corrected chi connectivity index (χ2v) is 6.72. The molecule has 2 heterocycles. The van der Waals surface area contributed by atoms with E-state index in [1.54, 1.807) is 23.9 Å². The van der Waals surface area contributed by atoms with Gasteiger partial charge >= 0.3 is 5.69 Å². The Morgan fingerprint density at radius 1 is 1.15 bits per heavy atom. The van der Waals surface area contributed by atoms with E-state index in [0.29, 0.717) is 17.6 Å². The van der Waals surface area contributed by atoms with Gasteiger partial charge in [-0.1, -0.05) is 18.2 Å². The molecule has 0 bridgehead atoms. The number of H-pyrrole nitrogens is 1. The zero-order chi connectivity index (χ0) is 18.4. The summed E-state index contributed by atoms with van der Waals surface area (Å²) in [5.74, 6) is 0.554. The van der Waals surface area contributed by atoms with Crippen LogP contribution in [0.4, 0.5) is 0 Å². The minimum atomic E-state index is -0.532. The minimum Gasteiger partial charge on any atom is -0.354 e. The van der Waals surface area contributed by atoms with Crippen molar-refractivity contribution in [3.05, 3.63) is 69.5 Å². The SMILES string of the molecule is O=C(CCSc1ccccc1)NCCn1c(=O)[nH]c2ncccc2c1=O. The molecule has 0 radical (unpaired) electrons. The molecule has 3 rings (SSSR count). The third-order valence-corrected chi connectivity index (χ3v) is 4.77. The molecule has 2 aromatic heterocycles. The molecule has 0 aliphatic rings. The van der Waals surface area contributed by atoms with Gasteiger partial charge in [0.15, 0.2) is 0 Å². The van der Waals surface area contributed by atoms with E-state index in [-0.39, 0.29) is 24.6 Å². The summed E-state index contributed by atoms with van der Waals surface area (Å²) < 4.78 is 1.07. The van der Waals surface area contributed by atoms with Gasteiger partial charge < -0.3 is 5.32 Å². The van der Waals surface area contributed by atoms with Crippen LogP contribution in [0.25, 0.3) is 11.0 Å². The number of hydrogen-bond donors (Lipinski definition) is 2. The molecule has 0 atom stereocenters. The maximum atomic E-state index is 12.3. The average molecular weight is 370 g/mol. The summed E-state index contributed by atoms with van der Waals surface area (Å²) in [6.45, 7) is 0.320. The number of rotatable bonds is 7. The maximum Gasteiger partial charge on any atom is 0.330 e. The van der Waals surface area contributed by atoms with Crippen molar-refractivity contribution in [1.82, 2.24) is 19.9 Å². The monoisotopic (exact) mass is 370 g/mol. The minimum absolute atomic E-state index is 0.108. The van der Waals surface area contributed by atoms with Gasteiger partial charge in [0, 0.05) is 36.4 Å². The van der Waals surface area contributed by atoms with E-state index in [4.69, 9.17) is 0 Å². The molecule has 3 aromatic rings. The van der Waals surface area contributed by atoms with Gasteiger partial charge in [-0.25, -0.2) is 9.78 Å². The number of nitrogens with zero attached hydrogens (tertiary/aromatic N) is 2. The molecular formula is C18H18N4O3S. The molecule has 0 spiro atoms. The van der Waals surface area contributed by atoms with Crippen molar-refractivity contribution >= 4 is 28.7 Å². The lowest BCUT2D eigenvalue weighted by molar-refractivity contribution is -0.120. The number of carbonyl (C=O) groups excluding carboxylic acids is 1. The molecule has 8 heteroatoms. The lowest BCUT2D eigenvalue weighted by atomic mass is 10.3. The number of amides is 1. The Bertz CT molecular complexity index is 1010. The first-order chi connectivity index (χ1) is 12.6. The summed E-state index contributed by atoms with van der Waals surface area (Å²) >= 11 is 1.61. The van der Waals surface area contributed by atoms with Crippen molar-refractivity contribution < 1.29 is 4.79 Å². The first-order valence-corrected chi connectivity index (χ1v) is 9.16. The summed E-state index contributed by atoms with van der Waals surface area (Å²) in [5, 5.41) is 3.08. The normalized spacial score (nSPS) is 10.8. The molecule has 0 unspecified atom stereocenters. The van der Waals surface area contributed by atoms with Crippen LogP contribution in [-0.2, 0) is 11.3 Å². The summed E-state index contributed by atoms with van der Waals surface area (Å²) in [7, 11) is 0. The van der Waals surface area contributed by atoms with Crippen LogP contribution in [0.2, 0.25) is 0 Å². The van der Waals surface area contributed by atoms with Crippen LogP contribution in [0.15, 0.2) is 63.1 Å². The number of benzene rings is 1. The number of aromatic nitrogens is 3. The second kappa shape index (κ2) is 8.48. The van der Waals surface area contributed by atoms with Crippen LogP contribution in [0.3, 0.4) is 0 Å². The molecule has 2 N–H and O–H groups in total. The molecular weight excluding hydrogens is 352 g/mol. The maximum absolute atomic E-state index is 12.3. The van der Waals surface area contributed by atoms with Gasteiger partial charge in [-0.15, -0.1) is 11.8 Å². The van der Waals surface area contributed by atoms with Gasteiger partial charge in [0.1, 0.15) is 5.65 Å². The highest BCUT2D eigenvalue weighted by Crippen LogP contribution is 2.17. The van der Waals surface area contributed by atoms with Crippen LogP contribution in [-0.4, -0.2) is 32.7 Å². The standard InChI is InChI=1S/C18H18N4O3S/c23-15(8-12-26-13-5-2-1-3-6-13)19-10-11-22-17(24)14-7-4-9-20-16(14)21-18(22)25/h1-7,9H,8,10-12H2,(H,19,23)(H,20,21,25). The van der Waals surface area contributed by atoms with E-state index in [1.165, 1.54) is 6.20 Å². The summed E-state index contributed by atoms with van der Waals surface area (Å²) in [6.07, 6.45) is 1.88. The molecule has 0 saturated carbocycles. The summed E-state index contributed by atoms with van der Waals surface area (Å²) in [5.41, 5.74) is -0.679. The van der Waals surface area contributed by atoms with Crippen LogP contribution in [0.5, 0.6) is 0 Å². The van der Waals surface area contributed by atoms with Crippen LogP contribution < -0.4 is 16.6 Å². The summed E-state index contributed by atoms with van der Waals surface area (Å²) in [4.78, 5) is 43.9. The lowest BCUT2D eigenvalue weighted by Gasteiger charge is -2.08. The van der Waals surface area contributed by atoms with Gasteiger partial charge in [-0.3, -0.25) is 19.1 Å². The number of carbonyl (C=O) groups is 1. The number of nitrogens with one attached hydrogen (secondary N) is 2. The van der Waals surface area contributed by atoms with E-state index in [2.05, 4.69) is 15.3 Å². The molecule has 0 fully saturated rings. The average Bonchev–Trinajstić information content (AvgIpc) is 2.65. The number of thioether (sulfide) groups is 1. The van der Waals surface area contributed by atoms with E-state index in [0.717, 1.165) is 9.46 Å². The Morgan fingerprint density at radius 2 is 1.96 bits per heavy atom. The van der Waals surface area contributed by atoms with Crippen molar-refractivity contribution in [3.63, 3.8) is 0 Å². The van der Waals surface area contributed by atoms with Gasteiger partial charge in [0.2, 0.25) is 5.91 Å². The highest BCUT2D eigenvalue weighted by Gasteiger charge is 2.08. The van der Waals surface area contributed by atoms with E-state index < -0.39 is 11.2 Å². The van der Waals surface area contributed by atoms with Crippen LogP contribution in [0, 0.1) is 0 Å². The first-order valence-electron chi connectivity index (χ1n) is 8.17. The molecule has 7 nitrogen and oxygen atoms in total. The zero-order valence-corrected chi connectivity index (χ0v) is 14.8. The third-order valence-electron chi connectivity index (χ3n) is 3.75. The molecule has 134 valence electrons. The molecule has 0 aliphatic carbocycles. The molecule has 0 aliphatic heterocycles. The van der Waals surface area contributed by atoms with Gasteiger partial charge in [-0.2, -0.15) is 0 Å². The molecule has 1 aromatic carbocycles. The Kier molecular flexibility index (Phi) is 5.85. The predicted molar refractivity (Wildman–Crippen MR) is 101 cm³/mol. The van der Waals surface area contributed by atoms with Crippen LogP contribution >= 0.6 is 11.8 Å². The van der Waals surface area contributed by atoms with Gasteiger partial charge in [0.05, 0.1) is 5.39 Å². The predicted octanol–water partition coefficient (Wildman–Crippen LogP) is 1.38. The molecule has 26 heavy (non-hydrogen) atoms. The zero-order valence-electron chi connectivity index (χ0n) is 14.0. The fourth-order valence-electron chi connectivity index (χ4n) is 2.46. The Morgan fingerprint density at radius 3 is 2.77 bits per heavy atom. The Labute approximate surface area is 153 Å². The summed E-state index contributed by atoms with van der Waals surface area (Å²) in [6, 6.07) is 13.1. The quantitative estimate of drug-likeness (QED) is 0.613. The van der Waals surface area contributed by atoms with Crippen LogP contribution in [0.1, 0.15) is 6.42 Å². The number of aromatic amines is 1. The van der Waals surface area contributed by atoms with E-state index in [9.17, 15) is 14.4 Å². The smallest absolute Gasteiger partial charge is 0.330 e. The van der Waals surface area contributed by atoms with Crippen molar-refractivity contribution in [2.75, 3.05) is 12.3 Å². The largest absolute Gasteiger partial charge is 0.354 e. The highest BCUT2D eigenvalue weighted by molar-refractivity contribution is 7.99. The second-order valence-electron chi connectivity index (χ2n) is 5.55. The van der Waals surface area contributed by atoms with Crippen molar-refractivity contribution in [2.45, 2.75) is 17.9 Å². The molecule has 0 saturated heterocycles. The van der Waals surface area contributed by atoms with Gasteiger partial charge in [0.25, 0.3) is 5.56 Å². The van der Waals surface area contributed by atoms with Gasteiger partial charge in [-0.05, 0) is 24.3 Å². The molecule has 1 amide bonds. The highest BCUT2D eigenvalue weighted by atomic mass is 32.2. The fourth-order valence-corrected chi connectivity index (χ4v) is 3.33. The third kappa shape index (κ3) is 4.40. The van der Waals surface area contributed by atoms with Crippen molar-refractivity contribution in [2.24, 2.45) is 0 Å². The number of fused-ring (bicyclic) bond motifs is 1. The van der Waals surface area contributed by atoms with Crippen molar-refractivity contribution in [1.29, 1.82) is 0 Å². The fraction of sp³-hybridized carbons (Fsp3) is 0.222. The lowest BCUT2D eigenvalue weighted by Crippen LogP contribution is -2.39. The topological polar surface area (TPSA) is 96.8 Å². The Hall–Kier alpha value is -2.87.